The summed E-state index contributed by atoms with van der Waals surface area (Å²) in [6.45, 7) is 9.92. The molecule has 1 aliphatic carbocycles. The Balaban J connectivity index is 1.46. The zero-order valence-electron chi connectivity index (χ0n) is 15.9. The topological polar surface area (TPSA) is 54.7 Å². The first-order chi connectivity index (χ1) is 12.0. The Labute approximate surface area is 150 Å². The molecule has 1 saturated carbocycles. The number of hydrogen-bond acceptors (Lipinski definition) is 3. The fraction of sp³-hybridized carbons (Fsp3) is 0.789. The van der Waals surface area contributed by atoms with Gasteiger partial charge in [0.15, 0.2) is 5.96 Å². The molecule has 1 aromatic rings. The molecule has 5 unspecified atom stereocenters. The lowest BCUT2D eigenvalue weighted by molar-refractivity contribution is -0.107. The first-order valence-electron chi connectivity index (χ1n) is 9.59. The van der Waals surface area contributed by atoms with Gasteiger partial charge < -0.3 is 19.5 Å². The van der Waals surface area contributed by atoms with Crippen molar-refractivity contribution < 1.29 is 4.74 Å². The van der Waals surface area contributed by atoms with Crippen molar-refractivity contribution >= 4 is 5.96 Å². The highest BCUT2D eigenvalue weighted by atomic mass is 16.5. The highest BCUT2D eigenvalue weighted by molar-refractivity contribution is 5.80. The van der Waals surface area contributed by atoms with Crippen LogP contribution in [0.15, 0.2) is 23.7 Å². The number of hydrogen-bond donors (Lipinski definition) is 1. The highest BCUT2D eigenvalue weighted by Gasteiger charge is 2.59. The summed E-state index contributed by atoms with van der Waals surface area (Å²) in [5.74, 6) is 2.32. The van der Waals surface area contributed by atoms with Crippen molar-refractivity contribution in [1.82, 2.24) is 19.8 Å². The fourth-order valence-corrected chi connectivity index (χ4v) is 5.15. The number of ether oxygens (including phenoxy) is 1. The average molecular weight is 345 g/mol. The highest BCUT2D eigenvalue weighted by Crippen LogP contribution is 2.52. The summed E-state index contributed by atoms with van der Waals surface area (Å²) in [6, 6.07) is 0.900. The molecule has 3 aliphatic rings. The van der Waals surface area contributed by atoms with E-state index >= 15 is 0 Å². The predicted octanol–water partition coefficient (Wildman–Crippen LogP) is 2.15. The van der Waals surface area contributed by atoms with Gasteiger partial charge in [-0.2, -0.15) is 0 Å². The summed E-state index contributed by atoms with van der Waals surface area (Å²) in [6.07, 6.45) is 8.63. The Morgan fingerprint density at radius 2 is 2.20 bits per heavy atom. The molecule has 3 heterocycles. The predicted molar refractivity (Wildman–Crippen MR) is 98.5 cm³/mol. The molecule has 5 atom stereocenters. The van der Waals surface area contributed by atoms with E-state index in [1.165, 1.54) is 6.42 Å². The summed E-state index contributed by atoms with van der Waals surface area (Å²) in [4.78, 5) is 11.3. The van der Waals surface area contributed by atoms with Crippen LogP contribution in [0.25, 0.3) is 0 Å². The summed E-state index contributed by atoms with van der Waals surface area (Å²) in [7, 11) is 1.90. The van der Waals surface area contributed by atoms with Gasteiger partial charge in [-0.15, -0.1) is 0 Å². The molecule has 0 radical (unpaired) electrons. The monoisotopic (exact) mass is 345 g/mol. The lowest BCUT2D eigenvalue weighted by Crippen LogP contribution is -2.68. The van der Waals surface area contributed by atoms with E-state index in [0.29, 0.717) is 30.0 Å². The maximum absolute atomic E-state index is 5.93. The number of guanidine groups is 1. The van der Waals surface area contributed by atoms with Crippen LogP contribution in [-0.2, 0) is 4.74 Å². The van der Waals surface area contributed by atoms with Gasteiger partial charge >= 0.3 is 0 Å². The van der Waals surface area contributed by atoms with Crippen LogP contribution in [0.2, 0.25) is 0 Å². The Morgan fingerprint density at radius 1 is 1.36 bits per heavy atom. The van der Waals surface area contributed by atoms with Crippen LogP contribution in [0, 0.1) is 17.3 Å². The van der Waals surface area contributed by atoms with Crippen molar-refractivity contribution in [2.24, 2.45) is 22.2 Å². The maximum Gasteiger partial charge on any atom is 0.193 e. The van der Waals surface area contributed by atoms with Crippen molar-refractivity contribution in [2.75, 3.05) is 26.7 Å². The first-order valence-corrected chi connectivity index (χ1v) is 9.59. The quantitative estimate of drug-likeness (QED) is 0.659. The second kappa shape index (κ2) is 6.31. The van der Waals surface area contributed by atoms with Crippen LogP contribution in [0.1, 0.15) is 39.7 Å². The summed E-state index contributed by atoms with van der Waals surface area (Å²) < 4.78 is 8.18. The van der Waals surface area contributed by atoms with Gasteiger partial charge in [-0.3, -0.25) is 4.99 Å². The summed E-state index contributed by atoms with van der Waals surface area (Å²) in [5, 5.41) is 3.79. The molecule has 2 aliphatic heterocycles. The molecule has 6 nitrogen and oxygen atoms in total. The SMILES string of the molecule is CN=C(NC1C2CCOC2C1(C)C)N1CCC(C)C(n2ccnc2)C1. The fourth-order valence-electron chi connectivity index (χ4n) is 5.15. The van der Waals surface area contributed by atoms with Crippen LogP contribution >= 0.6 is 0 Å². The van der Waals surface area contributed by atoms with E-state index in [1.54, 1.807) is 0 Å². The Kier molecular flexibility index (Phi) is 4.26. The van der Waals surface area contributed by atoms with Gasteiger partial charge in [0.2, 0.25) is 0 Å². The first kappa shape index (κ1) is 16.9. The number of aliphatic imine (C=N–C) groups is 1. The zero-order chi connectivity index (χ0) is 17.6. The van der Waals surface area contributed by atoms with Gasteiger partial charge in [0, 0.05) is 56.5 Å². The van der Waals surface area contributed by atoms with E-state index in [9.17, 15) is 0 Å². The Morgan fingerprint density at radius 3 is 2.92 bits per heavy atom. The van der Waals surface area contributed by atoms with E-state index in [0.717, 1.165) is 32.1 Å². The molecule has 25 heavy (non-hydrogen) atoms. The number of piperidine rings is 1. The van der Waals surface area contributed by atoms with Gasteiger partial charge in [-0.1, -0.05) is 20.8 Å². The van der Waals surface area contributed by atoms with Crippen molar-refractivity contribution in [3.63, 3.8) is 0 Å². The van der Waals surface area contributed by atoms with Crippen LogP contribution < -0.4 is 5.32 Å². The standard InChI is InChI=1S/C19H31N5O/c1-13-5-8-23(11-15(13)24-9-7-21-12-24)18(20-4)22-16-14-6-10-25-17(14)19(16,2)3/h7,9,12-17H,5-6,8,10-11H2,1-4H3,(H,20,22). The van der Waals surface area contributed by atoms with Gasteiger partial charge in [-0.25, -0.2) is 4.98 Å². The third kappa shape index (κ3) is 2.75. The van der Waals surface area contributed by atoms with Gasteiger partial charge in [0.05, 0.1) is 18.5 Å². The number of fused-ring (bicyclic) bond motifs is 1. The molecule has 4 rings (SSSR count). The minimum Gasteiger partial charge on any atom is -0.377 e. The van der Waals surface area contributed by atoms with Gasteiger partial charge in [0.1, 0.15) is 0 Å². The van der Waals surface area contributed by atoms with Crippen molar-refractivity contribution in [1.29, 1.82) is 0 Å². The number of imidazole rings is 1. The number of aromatic nitrogens is 2. The average Bonchev–Trinajstić information content (AvgIpc) is 3.27. The molecule has 0 bridgehead atoms. The zero-order valence-corrected chi connectivity index (χ0v) is 15.9. The maximum atomic E-state index is 5.93. The molecule has 138 valence electrons. The smallest absolute Gasteiger partial charge is 0.193 e. The van der Waals surface area contributed by atoms with E-state index in [2.05, 4.69) is 51.7 Å². The van der Waals surface area contributed by atoms with Crippen LogP contribution in [0.3, 0.4) is 0 Å². The van der Waals surface area contributed by atoms with Crippen LogP contribution in [-0.4, -0.2) is 59.3 Å². The molecule has 3 fully saturated rings. The van der Waals surface area contributed by atoms with Crippen LogP contribution in [0.5, 0.6) is 0 Å². The lowest BCUT2D eigenvalue weighted by Gasteiger charge is -2.55. The molecule has 1 aromatic heterocycles. The van der Waals surface area contributed by atoms with E-state index in [-0.39, 0.29) is 5.41 Å². The summed E-state index contributed by atoms with van der Waals surface area (Å²) in [5.41, 5.74) is 0.171. The third-order valence-corrected chi connectivity index (χ3v) is 6.72. The third-order valence-electron chi connectivity index (χ3n) is 6.72. The molecule has 0 amide bonds. The second-order valence-corrected chi connectivity index (χ2v) is 8.52. The minimum absolute atomic E-state index is 0.171. The van der Waals surface area contributed by atoms with E-state index < -0.39 is 0 Å². The molecule has 0 spiro atoms. The van der Waals surface area contributed by atoms with Crippen molar-refractivity contribution in [3.8, 4) is 0 Å². The number of rotatable bonds is 2. The lowest BCUT2D eigenvalue weighted by atomic mass is 9.57. The molecule has 0 aromatic carbocycles. The van der Waals surface area contributed by atoms with Gasteiger partial charge in [-0.05, 0) is 18.8 Å². The molecule has 6 heteroatoms. The van der Waals surface area contributed by atoms with Crippen molar-refractivity contribution in [2.45, 2.75) is 51.8 Å². The summed E-state index contributed by atoms with van der Waals surface area (Å²) >= 11 is 0. The molecule has 1 N–H and O–H groups in total. The number of nitrogens with zero attached hydrogens (tertiary/aromatic N) is 4. The number of likely N-dealkylation sites (tertiary alicyclic amines) is 1. The minimum atomic E-state index is 0.171. The van der Waals surface area contributed by atoms with E-state index in [4.69, 9.17) is 4.74 Å². The van der Waals surface area contributed by atoms with Crippen LogP contribution in [0.4, 0.5) is 0 Å². The molecular formula is C19H31N5O. The number of nitrogens with one attached hydrogen (secondary N) is 1. The Hall–Kier alpha value is -1.56. The largest absolute Gasteiger partial charge is 0.377 e. The second-order valence-electron chi connectivity index (χ2n) is 8.52. The van der Waals surface area contributed by atoms with Gasteiger partial charge in [0.25, 0.3) is 0 Å². The molecule has 2 saturated heterocycles. The normalized spacial score (nSPS) is 37.5. The van der Waals surface area contributed by atoms with Crippen molar-refractivity contribution in [3.05, 3.63) is 18.7 Å². The van der Waals surface area contributed by atoms with E-state index in [1.807, 2.05) is 19.6 Å². The molecular weight excluding hydrogens is 314 g/mol. The Bertz CT molecular complexity index is 626.